The van der Waals surface area contributed by atoms with Gasteiger partial charge in [-0.25, -0.2) is 0 Å². The van der Waals surface area contributed by atoms with Crippen LogP contribution in [0.25, 0.3) is 0 Å². The maximum Gasteiger partial charge on any atom is 0.306 e. The van der Waals surface area contributed by atoms with E-state index < -0.39 is 6.10 Å². The number of aliphatic hydroxyl groups is 1. The summed E-state index contributed by atoms with van der Waals surface area (Å²) < 4.78 is 10.6. The van der Waals surface area contributed by atoms with Crippen molar-refractivity contribution in [3.63, 3.8) is 0 Å². The van der Waals surface area contributed by atoms with E-state index in [1.54, 1.807) is 0 Å². The molecule has 0 fully saturated rings. The number of carbonyl (C=O) groups excluding carboxylic acids is 2. The Hall–Kier alpha value is -2.66. The Morgan fingerprint density at radius 3 is 1.29 bits per heavy atom. The molecule has 5 nitrogen and oxygen atoms in total. The van der Waals surface area contributed by atoms with Crippen molar-refractivity contribution in [3.8, 4) is 0 Å². The fourth-order valence-corrected chi connectivity index (χ4v) is 5.57. The van der Waals surface area contributed by atoms with E-state index in [2.05, 4.69) is 86.8 Å². The van der Waals surface area contributed by atoms with Crippen molar-refractivity contribution in [1.29, 1.82) is 0 Å². The Labute approximate surface area is 314 Å². The first-order chi connectivity index (χ1) is 25.1. The molecule has 0 aromatic carbocycles. The summed E-state index contributed by atoms with van der Waals surface area (Å²) in [6.45, 7) is 3.98. The fraction of sp³-hybridized carbons (Fsp3) is 0.696. The average molecular weight is 711 g/mol. The Bertz CT molecular complexity index is 941. The lowest BCUT2D eigenvalue weighted by Gasteiger charge is -2.15. The molecule has 0 aliphatic heterocycles. The molecule has 1 atom stereocenters. The van der Waals surface area contributed by atoms with E-state index in [-0.39, 0.29) is 25.2 Å². The molecule has 0 rings (SSSR count). The monoisotopic (exact) mass is 711 g/mol. The molecule has 0 spiro atoms. The van der Waals surface area contributed by atoms with E-state index in [1.165, 1.54) is 83.5 Å². The minimum absolute atomic E-state index is 0.0754. The number of rotatable bonds is 37. The van der Waals surface area contributed by atoms with Crippen LogP contribution < -0.4 is 0 Å². The van der Waals surface area contributed by atoms with Gasteiger partial charge in [0, 0.05) is 12.8 Å². The van der Waals surface area contributed by atoms with Crippen LogP contribution in [0.1, 0.15) is 187 Å². The molecule has 0 aromatic heterocycles. The summed E-state index contributed by atoms with van der Waals surface area (Å²) >= 11 is 0. The van der Waals surface area contributed by atoms with E-state index in [9.17, 15) is 14.7 Å². The molecule has 0 radical (unpaired) electrons. The van der Waals surface area contributed by atoms with Gasteiger partial charge in [-0.2, -0.15) is 0 Å². The van der Waals surface area contributed by atoms with Gasteiger partial charge in [0.05, 0.1) is 6.61 Å². The highest BCUT2D eigenvalue weighted by Crippen LogP contribution is 2.13. The highest BCUT2D eigenvalue weighted by atomic mass is 16.6. The summed E-state index contributed by atoms with van der Waals surface area (Å²) in [5, 5.41) is 9.56. The second-order valence-electron chi connectivity index (χ2n) is 13.7. The predicted octanol–water partition coefficient (Wildman–Crippen LogP) is 13.3. The number of esters is 2. The zero-order valence-corrected chi connectivity index (χ0v) is 33.1. The van der Waals surface area contributed by atoms with E-state index in [0.29, 0.717) is 12.8 Å². The van der Waals surface area contributed by atoms with Gasteiger partial charge in [-0.1, -0.05) is 164 Å². The Balaban J connectivity index is 3.58. The zero-order valence-electron chi connectivity index (χ0n) is 33.1. The molecule has 0 heterocycles. The predicted molar refractivity (Wildman–Crippen MR) is 219 cm³/mol. The molecule has 0 bridgehead atoms. The molecule has 0 aliphatic carbocycles. The van der Waals surface area contributed by atoms with Gasteiger partial charge in [-0.05, 0) is 83.5 Å². The van der Waals surface area contributed by atoms with E-state index in [0.717, 1.165) is 77.0 Å². The van der Waals surface area contributed by atoms with Crippen LogP contribution in [0.5, 0.6) is 0 Å². The van der Waals surface area contributed by atoms with Crippen LogP contribution in [0.4, 0.5) is 0 Å². The number of allylic oxidation sites excluding steroid dienone is 12. The second kappa shape index (κ2) is 41.8. The highest BCUT2D eigenvalue weighted by Gasteiger charge is 2.16. The summed E-state index contributed by atoms with van der Waals surface area (Å²) in [7, 11) is 0. The SMILES string of the molecule is CC/C=C\C/C=C\C/C=C\C/C=C\C/C=C\CCCCCCCCCCCC(=O)OC(CO)COC(=O)CCCCCCC/C=C\CCCCC. The van der Waals surface area contributed by atoms with Gasteiger partial charge in [0.2, 0.25) is 0 Å². The molecule has 5 heteroatoms. The van der Waals surface area contributed by atoms with Gasteiger partial charge in [0.15, 0.2) is 6.10 Å². The number of hydrogen-bond acceptors (Lipinski definition) is 5. The number of carbonyl (C=O) groups is 2. The fourth-order valence-electron chi connectivity index (χ4n) is 5.57. The van der Waals surface area contributed by atoms with Gasteiger partial charge in [-0.15, -0.1) is 0 Å². The molecule has 0 amide bonds. The third kappa shape index (κ3) is 40.0. The van der Waals surface area contributed by atoms with Gasteiger partial charge in [0.1, 0.15) is 6.61 Å². The molecule has 292 valence electrons. The summed E-state index contributed by atoms with van der Waals surface area (Å²) in [5.74, 6) is -0.613. The smallest absolute Gasteiger partial charge is 0.306 e. The number of aliphatic hydroxyl groups excluding tert-OH is 1. The van der Waals surface area contributed by atoms with Crippen LogP contribution in [0, 0.1) is 0 Å². The Morgan fingerprint density at radius 1 is 0.471 bits per heavy atom. The third-order valence-corrected chi connectivity index (χ3v) is 8.73. The van der Waals surface area contributed by atoms with Crippen molar-refractivity contribution in [3.05, 3.63) is 72.9 Å². The molecular formula is C46H78O5. The van der Waals surface area contributed by atoms with Crippen LogP contribution in [0.15, 0.2) is 72.9 Å². The maximum atomic E-state index is 12.2. The minimum Gasteiger partial charge on any atom is -0.462 e. The van der Waals surface area contributed by atoms with Crippen molar-refractivity contribution in [2.24, 2.45) is 0 Å². The molecular weight excluding hydrogens is 633 g/mol. The molecule has 1 N–H and O–H groups in total. The average Bonchev–Trinajstić information content (AvgIpc) is 3.13. The summed E-state index contributed by atoms with van der Waals surface area (Å²) in [6.07, 6.45) is 55.4. The first-order valence-electron chi connectivity index (χ1n) is 21.0. The highest BCUT2D eigenvalue weighted by molar-refractivity contribution is 5.70. The normalized spacial score (nSPS) is 12.9. The zero-order chi connectivity index (χ0) is 37.1. The molecule has 51 heavy (non-hydrogen) atoms. The van der Waals surface area contributed by atoms with Crippen LogP contribution in [-0.2, 0) is 19.1 Å². The number of unbranched alkanes of at least 4 members (excludes halogenated alkanes) is 17. The standard InChI is InChI=1S/C46H78O5/c1-3-5-7-9-11-13-15-17-18-19-20-21-22-23-24-25-26-27-28-29-31-33-35-37-39-41-46(49)51-44(42-47)43-50-45(48)40-38-36-34-32-30-16-14-12-10-8-6-4-2/h5,7,11-14,17-18,20-21,23-24,44,47H,3-4,6,8-10,15-16,19,22,25-43H2,1-2H3/b7-5-,13-11-,14-12-,18-17-,21-20-,24-23-. The van der Waals surface area contributed by atoms with Crippen LogP contribution in [-0.4, -0.2) is 36.4 Å². The number of ether oxygens (including phenoxy) is 2. The molecule has 0 saturated carbocycles. The second-order valence-corrected chi connectivity index (χ2v) is 13.7. The topological polar surface area (TPSA) is 72.8 Å². The Kier molecular flexibility index (Phi) is 39.6. The van der Waals surface area contributed by atoms with Gasteiger partial charge in [0.25, 0.3) is 0 Å². The van der Waals surface area contributed by atoms with Crippen molar-refractivity contribution in [2.75, 3.05) is 13.2 Å². The lowest BCUT2D eigenvalue weighted by atomic mass is 10.1. The number of hydrogen-bond donors (Lipinski definition) is 1. The van der Waals surface area contributed by atoms with Crippen molar-refractivity contribution in [1.82, 2.24) is 0 Å². The van der Waals surface area contributed by atoms with Crippen molar-refractivity contribution < 1.29 is 24.2 Å². The first-order valence-corrected chi connectivity index (χ1v) is 21.0. The van der Waals surface area contributed by atoms with Gasteiger partial charge < -0.3 is 14.6 Å². The van der Waals surface area contributed by atoms with E-state index in [4.69, 9.17) is 9.47 Å². The van der Waals surface area contributed by atoms with Gasteiger partial charge in [-0.3, -0.25) is 9.59 Å². The first kappa shape index (κ1) is 48.3. The summed E-state index contributed by atoms with van der Waals surface area (Å²) in [6, 6.07) is 0. The van der Waals surface area contributed by atoms with Crippen molar-refractivity contribution in [2.45, 2.75) is 193 Å². The lowest BCUT2D eigenvalue weighted by molar-refractivity contribution is -0.161. The minimum atomic E-state index is -0.780. The summed E-state index contributed by atoms with van der Waals surface area (Å²) in [4.78, 5) is 24.3. The summed E-state index contributed by atoms with van der Waals surface area (Å²) in [5.41, 5.74) is 0. The molecule has 1 unspecified atom stereocenters. The van der Waals surface area contributed by atoms with E-state index >= 15 is 0 Å². The van der Waals surface area contributed by atoms with E-state index in [1.807, 2.05) is 0 Å². The molecule has 0 aromatic rings. The molecule has 0 saturated heterocycles. The maximum absolute atomic E-state index is 12.2. The largest absolute Gasteiger partial charge is 0.462 e. The third-order valence-electron chi connectivity index (χ3n) is 8.73. The van der Waals surface area contributed by atoms with Crippen molar-refractivity contribution >= 4 is 11.9 Å². The quantitative estimate of drug-likeness (QED) is 0.0395. The van der Waals surface area contributed by atoms with Crippen LogP contribution in [0.2, 0.25) is 0 Å². The molecule has 0 aliphatic rings. The van der Waals surface area contributed by atoms with Gasteiger partial charge >= 0.3 is 11.9 Å². The lowest BCUT2D eigenvalue weighted by Crippen LogP contribution is -2.28. The van der Waals surface area contributed by atoms with Crippen LogP contribution in [0.3, 0.4) is 0 Å². The Morgan fingerprint density at radius 2 is 0.843 bits per heavy atom. The van der Waals surface area contributed by atoms with Crippen LogP contribution >= 0.6 is 0 Å².